The lowest BCUT2D eigenvalue weighted by molar-refractivity contribution is 0.0937. The van der Waals surface area contributed by atoms with Gasteiger partial charge in [-0.15, -0.1) is 0 Å². The molecule has 1 aromatic heterocycles. The van der Waals surface area contributed by atoms with Gasteiger partial charge in [-0.1, -0.05) is 12.1 Å². The van der Waals surface area contributed by atoms with Gasteiger partial charge in [0, 0.05) is 24.9 Å². The zero-order chi connectivity index (χ0) is 15.2. The van der Waals surface area contributed by atoms with E-state index in [1.807, 2.05) is 42.8 Å². The number of ether oxygens (including phenoxy) is 1. The van der Waals surface area contributed by atoms with E-state index >= 15 is 0 Å². The van der Waals surface area contributed by atoms with Crippen molar-refractivity contribution >= 4 is 5.91 Å². The summed E-state index contributed by atoms with van der Waals surface area (Å²) in [4.78, 5) is 11.9. The minimum absolute atomic E-state index is 0.0790. The van der Waals surface area contributed by atoms with Gasteiger partial charge in [0.15, 0.2) is 0 Å². The first-order valence-electron chi connectivity index (χ1n) is 6.97. The lowest BCUT2D eigenvalue weighted by atomic mass is 10.1. The highest BCUT2D eigenvalue weighted by Gasteiger charge is 2.06. The summed E-state index contributed by atoms with van der Waals surface area (Å²) in [5, 5.41) is 7.24. The predicted molar refractivity (Wildman–Crippen MR) is 81.5 cm³/mol. The molecule has 1 amide bonds. The highest BCUT2D eigenvalue weighted by Crippen LogP contribution is 2.09. The van der Waals surface area contributed by atoms with Gasteiger partial charge in [0.25, 0.3) is 5.91 Å². The van der Waals surface area contributed by atoms with E-state index in [1.54, 1.807) is 7.11 Å². The Kier molecular flexibility index (Phi) is 5.11. The van der Waals surface area contributed by atoms with E-state index < -0.39 is 0 Å². The number of nitrogens with zero attached hydrogens (tertiary/aromatic N) is 2. The molecule has 0 fully saturated rings. The van der Waals surface area contributed by atoms with E-state index in [9.17, 15) is 4.79 Å². The Bertz CT molecular complexity index is 602. The third kappa shape index (κ3) is 4.16. The number of rotatable bonds is 6. The Morgan fingerprint density at radius 3 is 2.57 bits per heavy atom. The molecule has 5 nitrogen and oxygen atoms in total. The third-order valence-corrected chi connectivity index (χ3v) is 3.24. The summed E-state index contributed by atoms with van der Waals surface area (Å²) in [5.41, 5.74) is 3.92. The smallest absolute Gasteiger partial charge is 0.251 e. The molecule has 0 aliphatic carbocycles. The SMILES string of the molecule is COCCNC(=O)c1ccc(Cn2nc(C)cc2C)cc1. The van der Waals surface area contributed by atoms with Gasteiger partial charge in [-0.25, -0.2) is 0 Å². The van der Waals surface area contributed by atoms with Gasteiger partial charge in [-0.2, -0.15) is 5.10 Å². The highest BCUT2D eigenvalue weighted by atomic mass is 16.5. The van der Waals surface area contributed by atoms with Gasteiger partial charge in [-0.05, 0) is 37.6 Å². The maximum atomic E-state index is 11.9. The fourth-order valence-electron chi connectivity index (χ4n) is 2.14. The number of carbonyl (C=O) groups is 1. The Balaban J connectivity index is 1.98. The Labute approximate surface area is 124 Å². The van der Waals surface area contributed by atoms with Crippen LogP contribution in [0.5, 0.6) is 0 Å². The number of hydrogen-bond acceptors (Lipinski definition) is 3. The van der Waals surface area contributed by atoms with Crippen molar-refractivity contribution in [3.05, 3.63) is 52.8 Å². The Hall–Kier alpha value is -2.14. The molecule has 5 heteroatoms. The van der Waals surface area contributed by atoms with Gasteiger partial charge in [0.1, 0.15) is 0 Å². The number of carbonyl (C=O) groups excluding carboxylic acids is 1. The van der Waals surface area contributed by atoms with Gasteiger partial charge in [-0.3, -0.25) is 9.48 Å². The van der Waals surface area contributed by atoms with Crippen LogP contribution in [0.3, 0.4) is 0 Å². The maximum Gasteiger partial charge on any atom is 0.251 e. The molecule has 112 valence electrons. The normalized spacial score (nSPS) is 10.6. The minimum atomic E-state index is -0.0790. The van der Waals surface area contributed by atoms with Crippen LogP contribution in [0.2, 0.25) is 0 Å². The molecule has 0 aliphatic heterocycles. The molecule has 0 atom stereocenters. The van der Waals surface area contributed by atoms with Gasteiger partial charge >= 0.3 is 0 Å². The Morgan fingerprint density at radius 1 is 1.29 bits per heavy atom. The topological polar surface area (TPSA) is 56.1 Å². The second-order valence-corrected chi connectivity index (χ2v) is 5.03. The lowest BCUT2D eigenvalue weighted by Gasteiger charge is -2.07. The number of hydrogen-bond donors (Lipinski definition) is 1. The highest BCUT2D eigenvalue weighted by molar-refractivity contribution is 5.94. The standard InChI is InChI=1S/C16H21N3O2/c1-12-10-13(2)19(18-12)11-14-4-6-15(7-5-14)16(20)17-8-9-21-3/h4-7,10H,8-9,11H2,1-3H3,(H,17,20). The third-order valence-electron chi connectivity index (χ3n) is 3.24. The second kappa shape index (κ2) is 7.04. The van der Waals surface area contributed by atoms with Crippen molar-refractivity contribution in [2.75, 3.05) is 20.3 Å². The van der Waals surface area contributed by atoms with Crippen molar-refractivity contribution < 1.29 is 9.53 Å². The van der Waals surface area contributed by atoms with E-state index in [0.29, 0.717) is 25.3 Å². The van der Waals surface area contributed by atoms with Crippen LogP contribution in [-0.4, -0.2) is 35.9 Å². The zero-order valence-electron chi connectivity index (χ0n) is 12.7. The molecular formula is C16H21N3O2. The molecule has 1 heterocycles. The lowest BCUT2D eigenvalue weighted by Crippen LogP contribution is -2.26. The average Bonchev–Trinajstić information content (AvgIpc) is 2.78. The quantitative estimate of drug-likeness (QED) is 0.826. The van der Waals surface area contributed by atoms with Gasteiger partial charge in [0.05, 0.1) is 18.8 Å². The fourth-order valence-corrected chi connectivity index (χ4v) is 2.14. The molecule has 1 aromatic carbocycles. The first-order chi connectivity index (χ1) is 10.1. The molecule has 21 heavy (non-hydrogen) atoms. The van der Waals surface area contributed by atoms with Crippen LogP contribution in [0.25, 0.3) is 0 Å². The van der Waals surface area contributed by atoms with E-state index in [-0.39, 0.29) is 5.91 Å². The molecule has 0 radical (unpaired) electrons. The molecule has 2 aromatic rings. The number of aryl methyl sites for hydroxylation is 2. The van der Waals surface area contributed by atoms with E-state index in [0.717, 1.165) is 17.0 Å². The molecular weight excluding hydrogens is 266 g/mol. The number of amides is 1. The summed E-state index contributed by atoms with van der Waals surface area (Å²) in [6.45, 7) is 5.77. The Morgan fingerprint density at radius 2 is 2.00 bits per heavy atom. The summed E-state index contributed by atoms with van der Waals surface area (Å²) in [7, 11) is 1.61. The van der Waals surface area contributed by atoms with E-state index in [2.05, 4.69) is 16.5 Å². The van der Waals surface area contributed by atoms with Crippen LogP contribution in [0.1, 0.15) is 27.3 Å². The van der Waals surface area contributed by atoms with Crippen LogP contribution in [0.4, 0.5) is 0 Å². The largest absolute Gasteiger partial charge is 0.383 e. The average molecular weight is 287 g/mol. The molecule has 0 aliphatic rings. The summed E-state index contributed by atoms with van der Waals surface area (Å²) >= 11 is 0. The van der Waals surface area contributed by atoms with Gasteiger partial charge in [0.2, 0.25) is 0 Å². The number of methoxy groups -OCH3 is 1. The van der Waals surface area contributed by atoms with Crippen LogP contribution >= 0.6 is 0 Å². The van der Waals surface area contributed by atoms with Crippen LogP contribution in [0, 0.1) is 13.8 Å². The molecule has 2 rings (SSSR count). The van der Waals surface area contributed by atoms with Crippen molar-refractivity contribution in [1.82, 2.24) is 15.1 Å². The molecule has 1 N–H and O–H groups in total. The molecule has 0 saturated heterocycles. The number of aromatic nitrogens is 2. The monoisotopic (exact) mass is 287 g/mol. The van der Waals surface area contributed by atoms with Crippen molar-refractivity contribution in [3.8, 4) is 0 Å². The van der Waals surface area contributed by atoms with E-state index in [4.69, 9.17) is 4.74 Å². The first kappa shape index (κ1) is 15.3. The van der Waals surface area contributed by atoms with Crippen LogP contribution < -0.4 is 5.32 Å². The van der Waals surface area contributed by atoms with Crippen molar-refractivity contribution in [3.63, 3.8) is 0 Å². The minimum Gasteiger partial charge on any atom is -0.383 e. The van der Waals surface area contributed by atoms with Gasteiger partial charge < -0.3 is 10.1 Å². The molecule has 0 spiro atoms. The maximum absolute atomic E-state index is 11.9. The molecule has 0 unspecified atom stereocenters. The van der Waals surface area contributed by atoms with Crippen molar-refractivity contribution in [2.24, 2.45) is 0 Å². The van der Waals surface area contributed by atoms with Crippen LogP contribution in [0.15, 0.2) is 30.3 Å². The fraction of sp³-hybridized carbons (Fsp3) is 0.375. The number of benzene rings is 1. The summed E-state index contributed by atoms with van der Waals surface area (Å²) in [5.74, 6) is -0.0790. The summed E-state index contributed by atoms with van der Waals surface area (Å²) in [6, 6.07) is 9.65. The van der Waals surface area contributed by atoms with Crippen molar-refractivity contribution in [1.29, 1.82) is 0 Å². The first-order valence-corrected chi connectivity index (χ1v) is 6.97. The molecule has 0 saturated carbocycles. The predicted octanol–water partition coefficient (Wildman–Crippen LogP) is 1.92. The van der Waals surface area contributed by atoms with Crippen LogP contribution in [-0.2, 0) is 11.3 Å². The van der Waals surface area contributed by atoms with Crippen molar-refractivity contribution in [2.45, 2.75) is 20.4 Å². The zero-order valence-corrected chi connectivity index (χ0v) is 12.7. The molecule has 0 bridgehead atoms. The second-order valence-electron chi connectivity index (χ2n) is 5.03. The van der Waals surface area contributed by atoms with E-state index in [1.165, 1.54) is 0 Å². The number of nitrogens with one attached hydrogen (secondary N) is 1. The summed E-state index contributed by atoms with van der Waals surface area (Å²) < 4.78 is 6.86. The summed E-state index contributed by atoms with van der Waals surface area (Å²) in [6.07, 6.45) is 0.